The van der Waals surface area contributed by atoms with E-state index in [0.717, 1.165) is 19.3 Å². The zero-order valence-corrected chi connectivity index (χ0v) is 13.3. The molecule has 1 aliphatic carbocycles. The zero-order chi connectivity index (χ0) is 15.8. The van der Waals surface area contributed by atoms with Crippen molar-refractivity contribution in [3.05, 3.63) is 35.9 Å². The first-order valence-corrected chi connectivity index (χ1v) is 8.34. The van der Waals surface area contributed by atoms with E-state index >= 15 is 0 Å². The first kappa shape index (κ1) is 16.5. The topological polar surface area (TPSA) is 58.2 Å². The van der Waals surface area contributed by atoms with E-state index in [-0.39, 0.29) is 11.8 Å². The van der Waals surface area contributed by atoms with Gasteiger partial charge >= 0.3 is 0 Å². The van der Waals surface area contributed by atoms with Crippen LogP contribution in [0.25, 0.3) is 0 Å². The van der Waals surface area contributed by atoms with Gasteiger partial charge in [0.2, 0.25) is 5.91 Å². The molecule has 1 atom stereocenters. The van der Waals surface area contributed by atoms with Crippen LogP contribution in [-0.2, 0) is 4.79 Å². The Morgan fingerprint density at radius 2 is 1.82 bits per heavy atom. The number of hydrogen-bond donors (Lipinski definition) is 2. The van der Waals surface area contributed by atoms with Gasteiger partial charge in [-0.05, 0) is 31.4 Å². The summed E-state index contributed by atoms with van der Waals surface area (Å²) in [5.41, 5.74) is 0.598. The molecule has 0 saturated heterocycles. The molecule has 22 heavy (non-hydrogen) atoms. The van der Waals surface area contributed by atoms with Crippen molar-refractivity contribution in [3.8, 4) is 0 Å². The fourth-order valence-corrected chi connectivity index (χ4v) is 3.12. The number of benzene rings is 1. The summed E-state index contributed by atoms with van der Waals surface area (Å²) < 4.78 is 0. The quantitative estimate of drug-likeness (QED) is 0.849. The van der Waals surface area contributed by atoms with Crippen LogP contribution >= 0.6 is 0 Å². The number of likely N-dealkylation sites (N-methyl/N-ethyl adjacent to an activating group) is 1. The van der Waals surface area contributed by atoms with E-state index in [4.69, 9.17) is 0 Å². The molecule has 1 aromatic carbocycles. The van der Waals surface area contributed by atoms with E-state index in [1.165, 1.54) is 19.3 Å². The Hall–Kier alpha value is -1.84. The largest absolute Gasteiger partial charge is 0.355 e. The van der Waals surface area contributed by atoms with E-state index < -0.39 is 6.04 Å². The Morgan fingerprint density at radius 3 is 2.45 bits per heavy atom. The van der Waals surface area contributed by atoms with Crippen LogP contribution in [0.4, 0.5) is 0 Å². The third-order valence-corrected chi connectivity index (χ3v) is 4.30. The minimum Gasteiger partial charge on any atom is -0.355 e. The molecular weight excluding hydrogens is 276 g/mol. The van der Waals surface area contributed by atoms with Crippen molar-refractivity contribution in [1.82, 2.24) is 10.6 Å². The van der Waals surface area contributed by atoms with E-state index in [2.05, 4.69) is 10.6 Å². The molecule has 2 amide bonds. The fraction of sp³-hybridized carbons (Fsp3) is 0.556. The standard InChI is InChI=1S/C18H26N2O2/c1-2-19-18(22)16(13-14-9-5-3-6-10-14)20-17(21)15-11-7-4-8-12-15/h4,7-8,11-12,14,16H,2-3,5-6,9-10,13H2,1H3,(H,19,22)(H,20,21)/t16-/m0/s1. The Morgan fingerprint density at radius 1 is 1.14 bits per heavy atom. The van der Waals surface area contributed by atoms with E-state index in [9.17, 15) is 9.59 Å². The van der Waals surface area contributed by atoms with Gasteiger partial charge in [-0.25, -0.2) is 0 Å². The van der Waals surface area contributed by atoms with E-state index in [0.29, 0.717) is 18.0 Å². The highest BCUT2D eigenvalue weighted by atomic mass is 16.2. The molecule has 1 saturated carbocycles. The lowest BCUT2D eigenvalue weighted by molar-refractivity contribution is -0.123. The predicted molar refractivity (Wildman–Crippen MR) is 87.6 cm³/mol. The maximum absolute atomic E-state index is 12.3. The van der Waals surface area contributed by atoms with E-state index in [1.54, 1.807) is 12.1 Å². The van der Waals surface area contributed by atoms with Crippen molar-refractivity contribution in [1.29, 1.82) is 0 Å². The van der Waals surface area contributed by atoms with Crippen LogP contribution in [0.1, 0.15) is 55.8 Å². The minimum absolute atomic E-state index is 0.0719. The summed E-state index contributed by atoms with van der Waals surface area (Å²) in [6.07, 6.45) is 6.83. The Labute approximate surface area is 132 Å². The molecule has 4 nitrogen and oxygen atoms in total. The van der Waals surface area contributed by atoms with Crippen LogP contribution in [0.2, 0.25) is 0 Å². The summed E-state index contributed by atoms with van der Waals surface area (Å²) in [4.78, 5) is 24.6. The Balaban J connectivity index is 2.00. The van der Waals surface area contributed by atoms with Gasteiger partial charge in [-0.2, -0.15) is 0 Å². The first-order chi connectivity index (χ1) is 10.7. The average Bonchev–Trinajstić information content (AvgIpc) is 2.56. The van der Waals surface area contributed by atoms with Crippen LogP contribution in [0, 0.1) is 5.92 Å². The summed E-state index contributed by atoms with van der Waals surface area (Å²) in [6.45, 7) is 2.48. The number of amides is 2. The molecule has 2 rings (SSSR count). The molecule has 0 unspecified atom stereocenters. The smallest absolute Gasteiger partial charge is 0.251 e. The van der Waals surface area contributed by atoms with Crippen LogP contribution in [0.15, 0.2) is 30.3 Å². The zero-order valence-electron chi connectivity index (χ0n) is 13.3. The summed E-state index contributed by atoms with van der Waals surface area (Å²) in [6, 6.07) is 8.64. The SMILES string of the molecule is CCNC(=O)[C@H](CC1CCCCC1)NC(=O)c1ccccc1. The van der Waals surface area contributed by atoms with E-state index in [1.807, 2.05) is 25.1 Å². The molecule has 1 aromatic rings. The van der Waals surface area contributed by atoms with Gasteiger partial charge in [0.1, 0.15) is 6.04 Å². The lowest BCUT2D eigenvalue weighted by Gasteiger charge is -2.26. The van der Waals surface area contributed by atoms with Gasteiger partial charge < -0.3 is 10.6 Å². The predicted octanol–water partition coefficient (Wildman–Crippen LogP) is 2.89. The number of carbonyl (C=O) groups excluding carboxylic acids is 2. The van der Waals surface area contributed by atoms with Crippen molar-refractivity contribution < 1.29 is 9.59 Å². The molecule has 0 aliphatic heterocycles. The maximum Gasteiger partial charge on any atom is 0.251 e. The number of hydrogen-bond acceptors (Lipinski definition) is 2. The van der Waals surface area contributed by atoms with Gasteiger partial charge in [0.15, 0.2) is 0 Å². The molecule has 2 N–H and O–H groups in total. The highest BCUT2D eigenvalue weighted by Crippen LogP contribution is 2.27. The monoisotopic (exact) mass is 302 g/mol. The summed E-state index contributed by atoms with van der Waals surface area (Å²) in [5.74, 6) is 0.294. The lowest BCUT2D eigenvalue weighted by Crippen LogP contribution is -2.47. The van der Waals surface area contributed by atoms with Gasteiger partial charge in [0.25, 0.3) is 5.91 Å². The molecule has 0 heterocycles. The Kier molecular flexibility index (Phi) is 6.44. The third kappa shape index (κ3) is 4.86. The molecule has 0 aromatic heterocycles. The second-order valence-electron chi connectivity index (χ2n) is 6.03. The second-order valence-corrected chi connectivity index (χ2v) is 6.03. The van der Waals surface area contributed by atoms with Crippen LogP contribution in [-0.4, -0.2) is 24.4 Å². The van der Waals surface area contributed by atoms with Crippen molar-refractivity contribution in [3.63, 3.8) is 0 Å². The van der Waals surface area contributed by atoms with Crippen molar-refractivity contribution in [2.75, 3.05) is 6.54 Å². The summed E-state index contributed by atoms with van der Waals surface area (Å²) in [7, 11) is 0. The highest BCUT2D eigenvalue weighted by molar-refractivity contribution is 5.97. The number of rotatable bonds is 6. The van der Waals surface area contributed by atoms with Gasteiger partial charge in [0.05, 0.1) is 0 Å². The van der Waals surface area contributed by atoms with Crippen LogP contribution in [0.5, 0.6) is 0 Å². The van der Waals surface area contributed by atoms with Crippen LogP contribution in [0.3, 0.4) is 0 Å². The fourth-order valence-electron chi connectivity index (χ4n) is 3.12. The van der Waals surface area contributed by atoms with Crippen LogP contribution < -0.4 is 10.6 Å². The molecular formula is C18H26N2O2. The third-order valence-electron chi connectivity index (χ3n) is 4.30. The summed E-state index contributed by atoms with van der Waals surface area (Å²) in [5, 5.41) is 5.75. The lowest BCUT2D eigenvalue weighted by atomic mass is 9.84. The molecule has 1 aliphatic rings. The number of carbonyl (C=O) groups is 2. The average molecular weight is 302 g/mol. The normalized spacial score (nSPS) is 16.8. The van der Waals surface area contributed by atoms with Crippen molar-refractivity contribution in [2.24, 2.45) is 5.92 Å². The molecule has 120 valence electrons. The van der Waals surface area contributed by atoms with Gasteiger partial charge in [-0.15, -0.1) is 0 Å². The highest BCUT2D eigenvalue weighted by Gasteiger charge is 2.25. The number of nitrogens with one attached hydrogen (secondary N) is 2. The van der Waals surface area contributed by atoms with Gasteiger partial charge in [-0.1, -0.05) is 50.3 Å². The van der Waals surface area contributed by atoms with Gasteiger partial charge in [0, 0.05) is 12.1 Å². The van der Waals surface area contributed by atoms with Crippen molar-refractivity contribution >= 4 is 11.8 Å². The minimum atomic E-state index is -0.434. The molecule has 0 radical (unpaired) electrons. The second kappa shape index (κ2) is 8.57. The molecule has 0 bridgehead atoms. The molecule has 4 heteroatoms. The van der Waals surface area contributed by atoms with Crippen molar-refractivity contribution in [2.45, 2.75) is 51.5 Å². The first-order valence-electron chi connectivity index (χ1n) is 8.34. The maximum atomic E-state index is 12.3. The van der Waals surface area contributed by atoms with Gasteiger partial charge in [-0.3, -0.25) is 9.59 Å². The Bertz CT molecular complexity index is 481. The molecule has 0 spiro atoms. The summed E-state index contributed by atoms with van der Waals surface area (Å²) >= 11 is 0. The molecule has 1 fully saturated rings.